The molecule has 0 aliphatic rings. The Labute approximate surface area is 118 Å². The van der Waals surface area contributed by atoms with E-state index in [1.54, 1.807) is 12.1 Å². The van der Waals surface area contributed by atoms with E-state index in [-0.39, 0.29) is 16.5 Å². The Morgan fingerprint density at radius 2 is 2.05 bits per heavy atom. The van der Waals surface area contributed by atoms with Gasteiger partial charge in [-0.2, -0.15) is 0 Å². The molecular formula is C13H10ClFN2O3. The summed E-state index contributed by atoms with van der Waals surface area (Å²) in [5.74, 6) is -0.249. The van der Waals surface area contributed by atoms with Gasteiger partial charge >= 0.3 is 6.09 Å². The van der Waals surface area contributed by atoms with Crippen molar-refractivity contribution in [2.45, 2.75) is 0 Å². The van der Waals surface area contributed by atoms with Crippen molar-refractivity contribution < 1.29 is 19.0 Å². The van der Waals surface area contributed by atoms with Crippen LogP contribution in [0.15, 0.2) is 36.4 Å². The maximum atomic E-state index is 13.6. The fraction of sp³-hybridized carbons (Fsp3) is 0. The van der Waals surface area contributed by atoms with E-state index in [9.17, 15) is 9.18 Å². The quantitative estimate of drug-likeness (QED) is 0.749. The second-order valence-electron chi connectivity index (χ2n) is 3.86. The number of carboxylic acid groups (broad SMARTS) is 1. The third-order valence-corrected chi connectivity index (χ3v) is 2.66. The summed E-state index contributed by atoms with van der Waals surface area (Å²) in [6, 6.07) is 8.38. The molecule has 2 rings (SSSR count). The summed E-state index contributed by atoms with van der Waals surface area (Å²) in [6.45, 7) is 0. The van der Waals surface area contributed by atoms with Crippen LogP contribution in [0.3, 0.4) is 0 Å². The molecule has 0 aromatic heterocycles. The molecule has 0 spiro atoms. The van der Waals surface area contributed by atoms with Crippen LogP contribution in [0.1, 0.15) is 0 Å². The number of hydrogen-bond donors (Lipinski definition) is 3. The predicted octanol–water partition coefficient (Wildman–Crippen LogP) is 3.94. The van der Waals surface area contributed by atoms with Gasteiger partial charge in [0.2, 0.25) is 0 Å². The van der Waals surface area contributed by atoms with Gasteiger partial charge in [-0.25, -0.2) is 9.18 Å². The van der Waals surface area contributed by atoms with Crippen molar-refractivity contribution in [3.05, 3.63) is 47.2 Å². The summed E-state index contributed by atoms with van der Waals surface area (Å²) in [7, 11) is 0. The molecule has 5 nitrogen and oxygen atoms in total. The number of rotatable bonds is 3. The third-order valence-electron chi connectivity index (χ3n) is 2.37. The van der Waals surface area contributed by atoms with Gasteiger partial charge < -0.3 is 15.6 Å². The molecule has 0 atom stereocenters. The first-order valence-electron chi connectivity index (χ1n) is 5.48. The largest absolute Gasteiger partial charge is 0.465 e. The van der Waals surface area contributed by atoms with Crippen molar-refractivity contribution in [1.29, 1.82) is 0 Å². The lowest BCUT2D eigenvalue weighted by Crippen LogP contribution is -2.08. The number of nitrogen functional groups attached to an aromatic ring is 1. The van der Waals surface area contributed by atoms with Crippen LogP contribution in [0.4, 0.5) is 20.6 Å². The summed E-state index contributed by atoms with van der Waals surface area (Å²) < 4.78 is 19.0. The van der Waals surface area contributed by atoms with Crippen molar-refractivity contribution in [3.63, 3.8) is 0 Å². The molecule has 0 aliphatic heterocycles. The van der Waals surface area contributed by atoms with Crippen molar-refractivity contribution in [2.24, 2.45) is 0 Å². The number of halogens is 2. The van der Waals surface area contributed by atoms with Crippen LogP contribution in [0.5, 0.6) is 11.5 Å². The van der Waals surface area contributed by atoms with E-state index in [1.165, 1.54) is 18.2 Å². The molecule has 0 radical (unpaired) electrons. The molecule has 0 unspecified atom stereocenters. The second-order valence-corrected chi connectivity index (χ2v) is 4.27. The Bertz CT molecular complexity index is 664. The summed E-state index contributed by atoms with van der Waals surface area (Å²) in [4.78, 5) is 10.4. The first-order valence-corrected chi connectivity index (χ1v) is 5.86. The Morgan fingerprint density at radius 3 is 2.65 bits per heavy atom. The number of nitrogens with one attached hydrogen (secondary N) is 1. The van der Waals surface area contributed by atoms with Crippen LogP contribution in [0.2, 0.25) is 5.02 Å². The Balaban J connectivity index is 2.22. The van der Waals surface area contributed by atoms with E-state index in [2.05, 4.69) is 0 Å². The maximum Gasteiger partial charge on any atom is 0.409 e. The Hall–Kier alpha value is -2.47. The van der Waals surface area contributed by atoms with Gasteiger partial charge in [-0.05, 0) is 30.3 Å². The zero-order valence-electron chi connectivity index (χ0n) is 10.1. The smallest absolute Gasteiger partial charge is 0.409 e. The molecule has 7 heteroatoms. The molecular weight excluding hydrogens is 287 g/mol. The Morgan fingerprint density at radius 1 is 1.30 bits per heavy atom. The van der Waals surface area contributed by atoms with Crippen molar-refractivity contribution >= 4 is 29.1 Å². The number of nitrogens with two attached hydrogens (primary N) is 1. The summed E-state index contributed by atoms with van der Waals surface area (Å²) >= 11 is 5.93. The molecule has 0 heterocycles. The van der Waals surface area contributed by atoms with E-state index >= 15 is 0 Å². The summed E-state index contributed by atoms with van der Waals surface area (Å²) in [5.41, 5.74) is 5.87. The van der Waals surface area contributed by atoms with Gasteiger partial charge in [0.25, 0.3) is 0 Å². The van der Waals surface area contributed by atoms with Crippen molar-refractivity contribution in [2.75, 3.05) is 11.1 Å². The zero-order chi connectivity index (χ0) is 14.7. The van der Waals surface area contributed by atoms with E-state index in [0.29, 0.717) is 11.4 Å². The molecule has 0 bridgehead atoms. The molecule has 0 fully saturated rings. The molecule has 104 valence electrons. The highest BCUT2D eigenvalue weighted by atomic mass is 35.5. The SMILES string of the molecule is Nc1ccc(Oc2ccc(NC(=O)O)c(F)c2)c(Cl)c1. The lowest BCUT2D eigenvalue weighted by atomic mass is 10.2. The third kappa shape index (κ3) is 3.30. The van der Waals surface area contributed by atoms with E-state index < -0.39 is 11.9 Å². The first-order chi connectivity index (χ1) is 9.45. The highest BCUT2D eigenvalue weighted by Gasteiger charge is 2.09. The summed E-state index contributed by atoms with van der Waals surface area (Å²) in [5, 5.41) is 10.7. The molecule has 20 heavy (non-hydrogen) atoms. The van der Waals surface area contributed by atoms with Crippen LogP contribution >= 0.6 is 11.6 Å². The normalized spacial score (nSPS) is 10.1. The van der Waals surface area contributed by atoms with E-state index in [4.69, 9.17) is 27.2 Å². The van der Waals surface area contributed by atoms with Gasteiger partial charge in [-0.15, -0.1) is 0 Å². The molecule has 0 saturated heterocycles. The second kappa shape index (κ2) is 5.66. The molecule has 1 amide bonds. The van der Waals surface area contributed by atoms with Crippen molar-refractivity contribution in [1.82, 2.24) is 0 Å². The van der Waals surface area contributed by atoms with E-state index in [1.807, 2.05) is 5.32 Å². The molecule has 0 saturated carbocycles. The fourth-order valence-corrected chi connectivity index (χ4v) is 1.73. The average molecular weight is 297 g/mol. The number of ether oxygens (including phenoxy) is 1. The standard InChI is InChI=1S/C13H10ClFN2O3/c14-9-5-7(16)1-4-12(9)20-8-2-3-11(10(15)6-8)17-13(18)19/h1-6,17H,16H2,(H,18,19). The van der Waals surface area contributed by atoms with Crippen LogP contribution in [-0.2, 0) is 0 Å². The fourth-order valence-electron chi connectivity index (χ4n) is 1.50. The lowest BCUT2D eigenvalue weighted by Gasteiger charge is -2.09. The number of amides is 1. The highest BCUT2D eigenvalue weighted by Crippen LogP contribution is 2.32. The average Bonchev–Trinajstić information content (AvgIpc) is 2.36. The molecule has 0 aliphatic carbocycles. The number of hydrogen-bond acceptors (Lipinski definition) is 3. The van der Waals surface area contributed by atoms with Crippen LogP contribution in [0, 0.1) is 5.82 Å². The Kier molecular flexibility index (Phi) is 3.95. The minimum absolute atomic E-state index is 0.159. The minimum Gasteiger partial charge on any atom is -0.465 e. The van der Waals surface area contributed by atoms with Gasteiger partial charge in [0.1, 0.15) is 11.5 Å². The lowest BCUT2D eigenvalue weighted by molar-refractivity contribution is 0.209. The molecule has 2 aromatic carbocycles. The number of carbonyl (C=O) groups is 1. The topological polar surface area (TPSA) is 84.6 Å². The van der Waals surface area contributed by atoms with Gasteiger partial charge in [0.05, 0.1) is 10.7 Å². The monoisotopic (exact) mass is 296 g/mol. The predicted molar refractivity (Wildman–Crippen MR) is 74.0 cm³/mol. The number of anilines is 2. The van der Waals surface area contributed by atoms with E-state index in [0.717, 1.165) is 6.07 Å². The van der Waals surface area contributed by atoms with Crippen molar-refractivity contribution in [3.8, 4) is 11.5 Å². The maximum absolute atomic E-state index is 13.6. The zero-order valence-corrected chi connectivity index (χ0v) is 10.8. The summed E-state index contributed by atoms with van der Waals surface area (Å²) in [6.07, 6.45) is -1.35. The van der Waals surface area contributed by atoms with Crippen LogP contribution in [-0.4, -0.2) is 11.2 Å². The molecule has 4 N–H and O–H groups in total. The van der Waals surface area contributed by atoms with Crippen LogP contribution in [0.25, 0.3) is 0 Å². The van der Waals surface area contributed by atoms with Crippen LogP contribution < -0.4 is 15.8 Å². The number of benzene rings is 2. The van der Waals surface area contributed by atoms with Gasteiger partial charge in [-0.1, -0.05) is 11.6 Å². The molecule has 2 aromatic rings. The van der Waals surface area contributed by atoms with Gasteiger partial charge in [-0.3, -0.25) is 5.32 Å². The highest BCUT2D eigenvalue weighted by molar-refractivity contribution is 6.32. The van der Waals surface area contributed by atoms with Gasteiger partial charge in [0.15, 0.2) is 5.82 Å². The minimum atomic E-state index is -1.35. The van der Waals surface area contributed by atoms with Gasteiger partial charge in [0, 0.05) is 11.8 Å². The first kappa shape index (κ1) is 14.0.